The minimum Gasteiger partial charge on any atom is -0.508 e. The average molecular weight is 317 g/mol. The number of aryl methyl sites for hydroxylation is 1. The van der Waals surface area contributed by atoms with Gasteiger partial charge in [0.05, 0.1) is 13.5 Å². The van der Waals surface area contributed by atoms with E-state index in [2.05, 4.69) is 4.74 Å². The van der Waals surface area contributed by atoms with Gasteiger partial charge in [0.1, 0.15) is 22.9 Å². The van der Waals surface area contributed by atoms with Crippen LogP contribution in [0, 0.1) is 0 Å². The van der Waals surface area contributed by atoms with Gasteiger partial charge in [-0.05, 0) is 30.2 Å². The molecule has 3 rings (SSSR count). The molecular formula is C16H15NO6. The molecule has 1 heterocycles. The van der Waals surface area contributed by atoms with Gasteiger partial charge < -0.3 is 14.6 Å². The number of hydroxylamine groups is 1. The summed E-state index contributed by atoms with van der Waals surface area (Å²) >= 11 is 0. The minimum atomic E-state index is -0.391. The summed E-state index contributed by atoms with van der Waals surface area (Å²) < 4.78 is 10.2. The zero-order valence-corrected chi connectivity index (χ0v) is 12.4. The Hall–Kier alpha value is -2.80. The van der Waals surface area contributed by atoms with E-state index in [1.807, 2.05) is 0 Å². The van der Waals surface area contributed by atoms with Crippen molar-refractivity contribution in [3.05, 3.63) is 41.3 Å². The SMILES string of the molecule is COC(=O)CCc1cc2c(cc1O)OC1=C(C=CC(=O)C1)N2O. The van der Waals surface area contributed by atoms with Crippen molar-refractivity contribution in [3.8, 4) is 11.5 Å². The van der Waals surface area contributed by atoms with E-state index in [-0.39, 0.29) is 36.5 Å². The predicted octanol–water partition coefficient (Wildman–Crippen LogP) is 1.83. The number of carbonyl (C=O) groups excluding carboxylic acids is 2. The fourth-order valence-corrected chi connectivity index (χ4v) is 2.50. The monoisotopic (exact) mass is 317 g/mol. The van der Waals surface area contributed by atoms with Gasteiger partial charge in [0, 0.05) is 12.5 Å². The second kappa shape index (κ2) is 5.77. The highest BCUT2D eigenvalue weighted by Crippen LogP contribution is 2.42. The summed E-state index contributed by atoms with van der Waals surface area (Å²) in [5.41, 5.74) is 1.19. The van der Waals surface area contributed by atoms with Crippen LogP contribution in [0.2, 0.25) is 0 Å². The summed E-state index contributed by atoms with van der Waals surface area (Å²) in [6.45, 7) is 0. The molecule has 7 nitrogen and oxygen atoms in total. The van der Waals surface area contributed by atoms with Crippen molar-refractivity contribution in [2.45, 2.75) is 19.3 Å². The number of rotatable bonds is 3. The van der Waals surface area contributed by atoms with E-state index in [0.717, 1.165) is 5.06 Å². The minimum absolute atomic E-state index is 0.0488. The summed E-state index contributed by atoms with van der Waals surface area (Å²) in [7, 11) is 1.29. The lowest BCUT2D eigenvalue weighted by Gasteiger charge is -2.30. The molecule has 1 aromatic carbocycles. The van der Waals surface area contributed by atoms with Crippen molar-refractivity contribution in [1.29, 1.82) is 0 Å². The first-order valence-electron chi connectivity index (χ1n) is 7.03. The van der Waals surface area contributed by atoms with E-state index in [0.29, 0.717) is 22.7 Å². The smallest absolute Gasteiger partial charge is 0.305 e. The molecule has 0 aromatic heterocycles. The lowest BCUT2D eigenvalue weighted by atomic mass is 10.0. The molecule has 0 bridgehead atoms. The molecule has 0 unspecified atom stereocenters. The normalized spacial score (nSPS) is 15.9. The number of nitrogens with zero attached hydrogens (tertiary/aromatic N) is 1. The van der Waals surface area contributed by atoms with Crippen molar-refractivity contribution in [2.24, 2.45) is 0 Å². The highest BCUT2D eigenvalue weighted by molar-refractivity contribution is 5.94. The van der Waals surface area contributed by atoms with Crippen molar-refractivity contribution in [3.63, 3.8) is 0 Å². The number of hydrogen-bond donors (Lipinski definition) is 2. The quantitative estimate of drug-likeness (QED) is 0.821. The lowest BCUT2D eigenvalue weighted by Crippen LogP contribution is -2.27. The number of ketones is 1. The molecule has 1 aliphatic heterocycles. The van der Waals surface area contributed by atoms with Gasteiger partial charge in [-0.1, -0.05) is 0 Å². The molecule has 0 spiro atoms. The molecule has 7 heteroatoms. The van der Waals surface area contributed by atoms with E-state index in [9.17, 15) is 19.9 Å². The molecule has 1 aliphatic carbocycles. The maximum atomic E-state index is 11.4. The number of carbonyl (C=O) groups is 2. The largest absolute Gasteiger partial charge is 0.508 e. The van der Waals surface area contributed by atoms with Crippen LogP contribution in [-0.2, 0) is 20.7 Å². The Morgan fingerprint density at radius 3 is 2.91 bits per heavy atom. The zero-order valence-electron chi connectivity index (χ0n) is 12.4. The highest BCUT2D eigenvalue weighted by atomic mass is 16.5. The molecule has 23 heavy (non-hydrogen) atoms. The number of allylic oxidation sites excluding steroid dienone is 3. The molecule has 0 fully saturated rings. The average Bonchev–Trinajstić information content (AvgIpc) is 2.52. The maximum absolute atomic E-state index is 11.4. The number of fused-ring (bicyclic) bond motifs is 1. The van der Waals surface area contributed by atoms with Gasteiger partial charge in [-0.3, -0.25) is 14.8 Å². The van der Waals surface area contributed by atoms with Gasteiger partial charge in [0.2, 0.25) is 0 Å². The van der Waals surface area contributed by atoms with Crippen LogP contribution in [0.5, 0.6) is 11.5 Å². The Balaban J connectivity index is 1.91. The Kier molecular flexibility index (Phi) is 3.79. The predicted molar refractivity (Wildman–Crippen MR) is 79.1 cm³/mol. The molecule has 2 aliphatic rings. The molecule has 0 saturated heterocycles. The highest BCUT2D eigenvalue weighted by Gasteiger charge is 2.29. The van der Waals surface area contributed by atoms with Crippen LogP contribution in [0.1, 0.15) is 18.4 Å². The third-order valence-electron chi connectivity index (χ3n) is 3.72. The van der Waals surface area contributed by atoms with Crippen molar-refractivity contribution >= 4 is 17.4 Å². The number of benzene rings is 1. The zero-order chi connectivity index (χ0) is 16.6. The van der Waals surface area contributed by atoms with Gasteiger partial charge in [-0.25, -0.2) is 5.06 Å². The van der Waals surface area contributed by atoms with Gasteiger partial charge in [-0.15, -0.1) is 0 Å². The number of aromatic hydroxyl groups is 1. The Labute approximate surface area is 132 Å². The Bertz CT molecular complexity index is 749. The number of hydrogen-bond acceptors (Lipinski definition) is 7. The summed E-state index contributed by atoms with van der Waals surface area (Å²) in [5, 5.41) is 21.3. The summed E-state index contributed by atoms with van der Waals surface area (Å²) in [5.74, 6) is 0.00289. The fraction of sp³-hybridized carbons (Fsp3) is 0.250. The number of phenolic OH excluding ortho intramolecular Hbond substituents is 1. The van der Waals surface area contributed by atoms with Crippen LogP contribution in [0.4, 0.5) is 5.69 Å². The van der Waals surface area contributed by atoms with E-state index < -0.39 is 5.97 Å². The number of phenols is 1. The van der Waals surface area contributed by atoms with Crippen LogP contribution in [0.3, 0.4) is 0 Å². The topological polar surface area (TPSA) is 96.3 Å². The molecule has 0 saturated carbocycles. The van der Waals surface area contributed by atoms with Gasteiger partial charge in [0.15, 0.2) is 11.5 Å². The molecule has 120 valence electrons. The molecular weight excluding hydrogens is 302 g/mol. The Morgan fingerprint density at radius 2 is 2.17 bits per heavy atom. The number of methoxy groups -OCH3 is 1. The maximum Gasteiger partial charge on any atom is 0.305 e. The molecule has 0 radical (unpaired) electrons. The first kappa shape index (κ1) is 15.1. The van der Waals surface area contributed by atoms with E-state index in [4.69, 9.17) is 4.74 Å². The second-order valence-corrected chi connectivity index (χ2v) is 5.22. The van der Waals surface area contributed by atoms with Crippen LogP contribution < -0.4 is 9.80 Å². The van der Waals surface area contributed by atoms with Crippen LogP contribution in [-0.4, -0.2) is 29.2 Å². The second-order valence-electron chi connectivity index (χ2n) is 5.22. The lowest BCUT2D eigenvalue weighted by molar-refractivity contribution is -0.140. The van der Waals surface area contributed by atoms with Crippen molar-refractivity contribution in [2.75, 3.05) is 12.2 Å². The van der Waals surface area contributed by atoms with E-state index in [1.165, 1.54) is 25.3 Å². The van der Waals surface area contributed by atoms with Crippen LogP contribution >= 0.6 is 0 Å². The fourth-order valence-electron chi connectivity index (χ4n) is 2.50. The number of ether oxygens (including phenoxy) is 2. The van der Waals surface area contributed by atoms with E-state index in [1.54, 1.807) is 6.07 Å². The summed E-state index contributed by atoms with van der Waals surface area (Å²) in [6.07, 6.45) is 3.27. The van der Waals surface area contributed by atoms with Gasteiger partial charge in [0.25, 0.3) is 0 Å². The molecule has 0 amide bonds. The van der Waals surface area contributed by atoms with Gasteiger partial charge in [-0.2, -0.15) is 0 Å². The third kappa shape index (κ3) is 2.78. The number of anilines is 1. The van der Waals surface area contributed by atoms with Crippen LogP contribution in [0.25, 0.3) is 0 Å². The molecule has 2 N–H and O–H groups in total. The van der Waals surface area contributed by atoms with Crippen LogP contribution in [0.15, 0.2) is 35.7 Å². The van der Waals surface area contributed by atoms with Crippen molar-refractivity contribution < 1.29 is 29.4 Å². The van der Waals surface area contributed by atoms with Crippen molar-refractivity contribution in [1.82, 2.24) is 0 Å². The molecule has 1 aromatic rings. The third-order valence-corrected chi connectivity index (χ3v) is 3.72. The summed E-state index contributed by atoms with van der Waals surface area (Å²) in [6, 6.07) is 2.90. The molecule has 0 atom stereocenters. The summed E-state index contributed by atoms with van der Waals surface area (Å²) in [4.78, 5) is 22.7. The first-order valence-corrected chi connectivity index (χ1v) is 7.03. The standard InChI is InChI=1S/C16H15NO6/c1-22-16(20)5-2-9-6-12-15(8-13(9)19)23-14-7-10(18)3-4-11(14)17(12)21/h3-4,6,8,19,21H,2,5,7H2,1H3. The first-order chi connectivity index (χ1) is 11.0. The number of esters is 1. The van der Waals surface area contributed by atoms with E-state index >= 15 is 0 Å². The Morgan fingerprint density at radius 1 is 1.39 bits per heavy atom. The van der Waals surface area contributed by atoms with Gasteiger partial charge >= 0.3 is 5.97 Å².